The van der Waals surface area contributed by atoms with Crippen LogP contribution in [0.15, 0.2) is 54.6 Å². The molecule has 0 fully saturated rings. The number of amides is 1. The molecule has 104 valence electrons. The molecule has 20 heavy (non-hydrogen) atoms. The number of carbonyl (C=O) groups is 1. The van der Waals surface area contributed by atoms with Crippen molar-refractivity contribution in [1.82, 2.24) is 0 Å². The predicted molar refractivity (Wildman–Crippen MR) is 83.4 cm³/mol. The van der Waals surface area contributed by atoms with Gasteiger partial charge in [0, 0.05) is 12.1 Å². The van der Waals surface area contributed by atoms with E-state index in [2.05, 4.69) is 17.4 Å². The molecule has 0 spiro atoms. The summed E-state index contributed by atoms with van der Waals surface area (Å²) in [4.78, 5) is 11.8. The molecule has 0 aliphatic rings. The van der Waals surface area contributed by atoms with E-state index in [0.717, 1.165) is 29.7 Å². The second kappa shape index (κ2) is 7.46. The molecule has 0 aliphatic heterocycles. The Balaban J connectivity index is 2.01. The van der Waals surface area contributed by atoms with Crippen molar-refractivity contribution >= 4 is 11.6 Å². The molecular weight excluding hydrogens is 248 g/mol. The Hall–Kier alpha value is -2.13. The lowest BCUT2D eigenvalue weighted by molar-refractivity contribution is -0.116. The summed E-state index contributed by atoms with van der Waals surface area (Å²) >= 11 is 0. The van der Waals surface area contributed by atoms with E-state index in [9.17, 15) is 4.79 Å². The molecule has 0 saturated heterocycles. The molecule has 2 rings (SSSR count). The van der Waals surface area contributed by atoms with E-state index in [1.165, 1.54) is 0 Å². The fourth-order valence-corrected chi connectivity index (χ4v) is 2.06. The van der Waals surface area contributed by atoms with Crippen molar-refractivity contribution in [3.05, 3.63) is 54.6 Å². The van der Waals surface area contributed by atoms with Gasteiger partial charge in [-0.3, -0.25) is 4.79 Å². The zero-order valence-corrected chi connectivity index (χ0v) is 11.5. The first-order valence-electron chi connectivity index (χ1n) is 6.95. The number of nitrogens with one attached hydrogen (secondary N) is 1. The van der Waals surface area contributed by atoms with Crippen molar-refractivity contribution in [3.63, 3.8) is 0 Å². The van der Waals surface area contributed by atoms with Crippen LogP contribution in [-0.4, -0.2) is 12.5 Å². The van der Waals surface area contributed by atoms with E-state index in [1.807, 2.05) is 42.5 Å². The highest BCUT2D eigenvalue weighted by Gasteiger charge is 2.03. The zero-order chi connectivity index (χ0) is 14.2. The number of hydrogen-bond acceptors (Lipinski definition) is 2. The Morgan fingerprint density at radius 1 is 0.950 bits per heavy atom. The molecule has 1 amide bonds. The van der Waals surface area contributed by atoms with Crippen LogP contribution in [0.5, 0.6) is 0 Å². The molecule has 0 saturated carbocycles. The molecule has 0 bridgehead atoms. The van der Waals surface area contributed by atoms with E-state index in [-0.39, 0.29) is 5.91 Å². The van der Waals surface area contributed by atoms with E-state index < -0.39 is 0 Å². The van der Waals surface area contributed by atoms with Gasteiger partial charge in [-0.15, -0.1) is 0 Å². The Morgan fingerprint density at radius 2 is 1.70 bits per heavy atom. The molecular formula is C17H20N2O. The van der Waals surface area contributed by atoms with Gasteiger partial charge in [0.15, 0.2) is 0 Å². The van der Waals surface area contributed by atoms with Crippen molar-refractivity contribution in [2.75, 3.05) is 11.9 Å². The van der Waals surface area contributed by atoms with Crippen molar-refractivity contribution in [2.24, 2.45) is 5.73 Å². The van der Waals surface area contributed by atoms with Crippen LogP contribution in [0.4, 0.5) is 5.69 Å². The second-order valence-corrected chi connectivity index (χ2v) is 4.74. The molecule has 0 unspecified atom stereocenters. The average molecular weight is 268 g/mol. The number of nitrogens with two attached hydrogens (primary N) is 1. The van der Waals surface area contributed by atoms with Gasteiger partial charge in [-0.2, -0.15) is 0 Å². The third-order valence-corrected chi connectivity index (χ3v) is 3.11. The van der Waals surface area contributed by atoms with E-state index in [1.54, 1.807) is 0 Å². The van der Waals surface area contributed by atoms with Gasteiger partial charge in [-0.1, -0.05) is 42.5 Å². The van der Waals surface area contributed by atoms with Crippen LogP contribution in [0.3, 0.4) is 0 Å². The zero-order valence-electron chi connectivity index (χ0n) is 11.5. The molecule has 3 N–H and O–H groups in total. The fraction of sp³-hybridized carbons (Fsp3) is 0.235. The third-order valence-electron chi connectivity index (χ3n) is 3.11. The maximum Gasteiger partial charge on any atom is 0.224 e. The molecule has 3 heteroatoms. The SMILES string of the molecule is NCCCCC(=O)Nc1cccc(-c2ccccc2)c1. The van der Waals surface area contributed by atoms with Gasteiger partial charge in [0.25, 0.3) is 0 Å². The van der Waals surface area contributed by atoms with Crippen molar-refractivity contribution in [3.8, 4) is 11.1 Å². The van der Waals surface area contributed by atoms with Crippen LogP contribution in [0.2, 0.25) is 0 Å². The van der Waals surface area contributed by atoms with E-state index in [4.69, 9.17) is 5.73 Å². The summed E-state index contributed by atoms with van der Waals surface area (Å²) in [5.41, 5.74) is 8.50. The lowest BCUT2D eigenvalue weighted by Gasteiger charge is -2.07. The monoisotopic (exact) mass is 268 g/mol. The summed E-state index contributed by atoms with van der Waals surface area (Å²) in [6.07, 6.45) is 2.24. The minimum atomic E-state index is 0.0451. The van der Waals surface area contributed by atoms with Crippen LogP contribution >= 0.6 is 0 Å². The smallest absolute Gasteiger partial charge is 0.224 e. The quantitative estimate of drug-likeness (QED) is 0.789. The summed E-state index contributed by atoms with van der Waals surface area (Å²) in [6, 6.07) is 18.0. The molecule has 2 aromatic carbocycles. The number of carbonyl (C=O) groups excluding carboxylic acids is 1. The first-order chi connectivity index (χ1) is 9.79. The van der Waals surface area contributed by atoms with Crippen LogP contribution in [0.25, 0.3) is 11.1 Å². The molecule has 0 radical (unpaired) electrons. The maximum absolute atomic E-state index is 11.8. The van der Waals surface area contributed by atoms with Gasteiger partial charge >= 0.3 is 0 Å². The lowest BCUT2D eigenvalue weighted by atomic mass is 10.1. The molecule has 2 aromatic rings. The summed E-state index contributed by atoms with van der Waals surface area (Å²) in [5.74, 6) is 0.0451. The summed E-state index contributed by atoms with van der Waals surface area (Å²) in [5, 5.41) is 2.93. The average Bonchev–Trinajstić information content (AvgIpc) is 2.49. The first kappa shape index (κ1) is 14.3. The van der Waals surface area contributed by atoms with E-state index in [0.29, 0.717) is 13.0 Å². The summed E-state index contributed by atoms with van der Waals surface area (Å²) in [6.45, 7) is 0.636. The number of rotatable bonds is 6. The highest BCUT2D eigenvalue weighted by molar-refractivity contribution is 5.91. The Morgan fingerprint density at radius 3 is 2.45 bits per heavy atom. The van der Waals surface area contributed by atoms with Crippen LogP contribution in [0.1, 0.15) is 19.3 Å². The highest BCUT2D eigenvalue weighted by Crippen LogP contribution is 2.22. The van der Waals surface area contributed by atoms with Crippen molar-refractivity contribution in [1.29, 1.82) is 0 Å². The minimum Gasteiger partial charge on any atom is -0.330 e. The Kier molecular flexibility index (Phi) is 5.33. The molecule has 0 aromatic heterocycles. The lowest BCUT2D eigenvalue weighted by Crippen LogP contribution is -2.11. The maximum atomic E-state index is 11.8. The largest absolute Gasteiger partial charge is 0.330 e. The number of benzene rings is 2. The van der Waals surface area contributed by atoms with Crippen LogP contribution in [-0.2, 0) is 4.79 Å². The Labute approximate surface area is 119 Å². The third kappa shape index (κ3) is 4.21. The van der Waals surface area contributed by atoms with Gasteiger partial charge in [-0.05, 0) is 42.6 Å². The fourth-order valence-electron chi connectivity index (χ4n) is 2.06. The predicted octanol–water partition coefficient (Wildman–Crippen LogP) is 3.42. The van der Waals surface area contributed by atoms with Gasteiger partial charge in [0.1, 0.15) is 0 Å². The van der Waals surface area contributed by atoms with E-state index >= 15 is 0 Å². The molecule has 3 nitrogen and oxygen atoms in total. The van der Waals surface area contributed by atoms with Crippen LogP contribution < -0.4 is 11.1 Å². The summed E-state index contributed by atoms with van der Waals surface area (Å²) < 4.78 is 0. The number of unbranched alkanes of at least 4 members (excludes halogenated alkanes) is 1. The highest BCUT2D eigenvalue weighted by atomic mass is 16.1. The second-order valence-electron chi connectivity index (χ2n) is 4.74. The molecule has 0 heterocycles. The van der Waals surface area contributed by atoms with Gasteiger partial charge in [0.2, 0.25) is 5.91 Å². The Bertz CT molecular complexity index is 552. The molecule has 0 aliphatic carbocycles. The number of anilines is 1. The normalized spacial score (nSPS) is 10.2. The number of hydrogen-bond donors (Lipinski definition) is 2. The first-order valence-corrected chi connectivity index (χ1v) is 6.95. The van der Waals surface area contributed by atoms with Crippen molar-refractivity contribution in [2.45, 2.75) is 19.3 Å². The topological polar surface area (TPSA) is 55.1 Å². The van der Waals surface area contributed by atoms with Gasteiger partial charge < -0.3 is 11.1 Å². The van der Waals surface area contributed by atoms with Gasteiger partial charge in [0.05, 0.1) is 0 Å². The van der Waals surface area contributed by atoms with Gasteiger partial charge in [-0.25, -0.2) is 0 Å². The van der Waals surface area contributed by atoms with Crippen molar-refractivity contribution < 1.29 is 4.79 Å². The van der Waals surface area contributed by atoms with Crippen LogP contribution in [0, 0.1) is 0 Å². The minimum absolute atomic E-state index is 0.0451. The molecule has 0 atom stereocenters. The standard InChI is InChI=1S/C17H20N2O/c18-12-5-4-11-17(20)19-16-10-6-9-15(13-16)14-7-2-1-3-8-14/h1-3,6-10,13H,4-5,11-12,18H2,(H,19,20). The summed E-state index contributed by atoms with van der Waals surface area (Å²) in [7, 11) is 0.